The minimum atomic E-state index is -0.767. The third-order valence-electron chi connectivity index (χ3n) is 3.30. The fourth-order valence-electron chi connectivity index (χ4n) is 2.15. The second-order valence-corrected chi connectivity index (χ2v) is 4.35. The molecule has 0 aliphatic carbocycles. The van der Waals surface area contributed by atoms with Crippen LogP contribution in [-0.2, 0) is 14.9 Å². The summed E-state index contributed by atoms with van der Waals surface area (Å²) in [5.74, 6) is -0.250. The van der Waals surface area contributed by atoms with E-state index >= 15 is 0 Å². The highest BCUT2D eigenvalue weighted by Gasteiger charge is 2.37. The van der Waals surface area contributed by atoms with E-state index in [0.717, 1.165) is 11.1 Å². The van der Waals surface area contributed by atoms with Crippen LogP contribution in [0, 0.1) is 0 Å². The van der Waals surface area contributed by atoms with Gasteiger partial charge in [-0.25, -0.2) is 0 Å². The zero-order valence-electron chi connectivity index (χ0n) is 10.6. The van der Waals surface area contributed by atoms with Gasteiger partial charge in [0.15, 0.2) is 0 Å². The predicted molar refractivity (Wildman–Crippen MR) is 71.4 cm³/mol. The number of esters is 1. The van der Waals surface area contributed by atoms with Crippen molar-refractivity contribution in [1.29, 1.82) is 0 Å². The molecular weight excluding hydrogens is 224 g/mol. The Morgan fingerprint density at radius 1 is 0.889 bits per heavy atom. The summed E-state index contributed by atoms with van der Waals surface area (Å²) in [6, 6.07) is 19.4. The Morgan fingerprint density at radius 2 is 1.28 bits per heavy atom. The molecule has 0 fully saturated rings. The highest BCUT2D eigenvalue weighted by Crippen LogP contribution is 2.32. The van der Waals surface area contributed by atoms with E-state index in [4.69, 9.17) is 4.74 Å². The predicted octanol–water partition coefficient (Wildman–Crippen LogP) is 3.17. The van der Waals surface area contributed by atoms with Crippen LogP contribution < -0.4 is 0 Å². The minimum absolute atomic E-state index is 0.250. The Morgan fingerprint density at radius 3 is 1.61 bits per heavy atom. The van der Waals surface area contributed by atoms with E-state index in [-0.39, 0.29) is 5.97 Å². The second kappa shape index (κ2) is 5.05. The van der Waals surface area contributed by atoms with Crippen LogP contribution >= 0.6 is 0 Å². The van der Waals surface area contributed by atoms with Gasteiger partial charge in [-0.2, -0.15) is 0 Å². The van der Waals surface area contributed by atoms with Crippen molar-refractivity contribution in [2.24, 2.45) is 0 Å². The average molecular weight is 240 g/mol. The Labute approximate surface area is 107 Å². The first-order valence-corrected chi connectivity index (χ1v) is 5.89. The largest absolute Gasteiger partial charge is 0.468 e. The summed E-state index contributed by atoms with van der Waals surface area (Å²) in [4.78, 5) is 12.2. The summed E-state index contributed by atoms with van der Waals surface area (Å²) in [5.41, 5.74) is 1.10. The van der Waals surface area contributed by atoms with E-state index in [9.17, 15) is 4.79 Å². The molecular formula is C16H16O2. The van der Waals surface area contributed by atoms with E-state index in [2.05, 4.69) is 0 Å². The van der Waals surface area contributed by atoms with Crippen molar-refractivity contribution >= 4 is 5.97 Å². The lowest BCUT2D eigenvalue weighted by atomic mass is 9.76. The number of methoxy groups -OCH3 is 1. The van der Waals surface area contributed by atoms with Gasteiger partial charge in [0.1, 0.15) is 5.41 Å². The molecule has 2 nitrogen and oxygen atoms in total. The summed E-state index contributed by atoms with van der Waals surface area (Å²) in [6.07, 6.45) is 0. The van der Waals surface area contributed by atoms with Crippen LogP contribution in [0.1, 0.15) is 18.1 Å². The molecule has 0 atom stereocenters. The maximum absolute atomic E-state index is 12.2. The first kappa shape index (κ1) is 12.4. The highest BCUT2D eigenvalue weighted by atomic mass is 16.5. The minimum Gasteiger partial charge on any atom is -0.468 e. The van der Waals surface area contributed by atoms with Crippen molar-refractivity contribution < 1.29 is 9.53 Å². The SMILES string of the molecule is COC(=O)C(C)(c1ccccc1)c1ccccc1. The normalized spacial score (nSPS) is 11.0. The number of ether oxygens (including phenoxy) is 1. The van der Waals surface area contributed by atoms with Crippen molar-refractivity contribution in [3.63, 3.8) is 0 Å². The molecule has 18 heavy (non-hydrogen) atoms. The van der Waals surface area contributed by atoms with Gasteiger partial charge in [0, 0.05) is 0 Å². The van der Waals surface area contributed by atoms with Gasteiger partial charge >= 0.3 is 5.97 Å². The number of carbonyl (C=O) groups excluding carboxylic acids is 1. The molecule has 0 aromatic heterocycles. The first-order chi connectivity index (χ1) is 8.69. The van der Waals surface area contributed by atoms with Crippen molar-refractivity contribution in [3.8, 4) is 0 Å². The summed E-state index contributed by atoms with van der Waals surface area (Å²) in [5, 5.41) is 0. The van der Waals surface area contributed by atoms with Gasteiger partial charge in [-0.15, -0.1) is 0 Å². The molecule has 0 saturated heterocycles. The molecule has 0 radical (unpaired) electrons. The van der Waals surface area contributed by atoms with Gasteiger partial charge in [-0.1, -0.05) is 60.7 Å². The van der Waals surface area contributed by atoms with Crippen LogP contribution in [0.5, 0.6) is 0 Å². The standard InChI is InChI=1S/C16H16O2/c1-16(15(17)18-2,13-9-5-3-6-10-13)14-11-7-4-8-12-14/h3-12H,1-2H3. The Bertz CT molecular complexity index is 478. The molecule has 0 N–H and O–H groups in total. The molecule has 92 valence electrons. The number of hydrogen-bond donors (Lipinski definition) is 0. The van der Waals surface area contributed by atoms with Crippen molar-refractivity contribution in [1.82, 2.24) is 0 Å². The average Bonchev–Trinajstić information content (AvgIpc) is 2.47. The molecule has 2 aromatic rings. The van der Waals surface area contributed by atoms with Crippen LogP contribution in [0.15, 0.2) is 60.7 Å². The van der Waals surface area contributed by atoms with Crippen LogP contribution in [0.3, 0.4) is 0 Å². The quantitative estimate of drug-likeness (QED) is 0.770. The van der Waals surface area contributed by atoms with Crippen LogP contribution in [0.2, 0.25) is 0 Å². The first-order valence-electron chi connectivity index (χ1n) is 5.89. The van der Waals surface area contributed by atoms with Crippen molar-refractivity contribution in [2.45, 2.75) is 12.3 Å². The summed E-state index contributed by atoms with van der Waals surface area (Å²) < 4.78 is 4.99. The van der Waals surface area contributed by atoms with Gasteiger partial charge in [-0.05, 0) is 18.1 Å². The lowest BCUT2D eigenvalue weighted by Crippen LogP contribution is -2.34. The van der Waals surface area contributed by atoms with Crippen molar-refractivity contribution in [3.05, 3.63) is 71.8 Å². The lowest BCUT2D eigenvalue weighted by Gasteiger charge is -2.27. The molecule has 0 saturated carbocycles. The van der Waals surface area contributed by atoms with E-state index in [1.807, 2.05) is 67.6 Å². The smallest absolute Gasteiger partial charge is 0.320 e. The number of rotatable bonds is 3. The zero-order valence-corrected chi connectivity index (χ0v) is 10.6. The van der Waals surface area contributed by atoms with E-state index < -0.39 is 5.41 Å². The van der Waals surface area contributed by atoms with E-state index in [1.54, 1.807) is 0 Å². The molecule has 2 heteroatoms. The summed E-state index contributed by atoms with van der Waals surface area (Å²) in [7, 11) is 1.42. The fourth-order valence-corrected chi connectivity index (χ4v) is 2.15. The summed E-state index contributed by atoms with van der Waals surface area (Å²) >= 11 is 0. The maximum atomic E-state index is 12.2. The molecule has 0 aliphatic heterocycles. The van der Waals surface area contributed by atoms with Crippen LogP contribution in [0.4, 0.5) is 0 Å². The monoisotopic (exact) mass is 240 g/mol. The van der Waals surface area contributed by atoms with Crippen LogP contribution in [-0.4, -0.2) is 13.1 Å². The molecule has 0 aliphatic rings. The van der Waals surface area contributed by atoms with Gasteiger partial charge in [0.25, 0.3) is 0 Å². The Balaban J connectivity index is 2.59. The van der Waals surface area contributed by atoms with Gasteiger partial charge in [0.05, 0.1) is 7.11 Å². The van der Waals surface area contributed by atoms with Crippen LogP contribution in [0.25, 0.3) is 0 Å². The maximum Gasteiger partial charge on any atom is 0.320 e. The fraction of sp³-hybridized carbons (Fsp3) is 0.188. The van der Waals surface area contributed by atoms with Crippen molar-refractivity contribution in [2.75, 3.05) is 7.11 Å². The highest BCUT2D eigenvalue weighted by molar-refractivity contribution is 5.87. The molecule has 0 bridgehead atoms. The Kier molecular flexibility index (Phi) is 3.47. The second-order valence-electron chi connectivity index (χ2n) is 4.35. The van der Waals surface area contributed by atoms with Gasteiger partial charge in [0.2, 0.25) is 0 Å². The lowest BCUT2D eigenvalue weighted by molar-refractivity contribution is -0.145. The molecule has 0 unspecified atom stereocenters. The zero-order chi connectivity index (χ0) is 13.0. The number of carbonyl (C=O) groups is 1. The molecule has 2 rings (SSSR count). The molecule has 0 spiro atoms. The molecule has 0 amide bonds. The Hall–Kier alpha value is -2.09. The third kappa shape index (κ3) is 2.02. The molecule has 2 aromatic carbocycles. The third-order valence-corrected chi connectivity index (χ3v) is 3.30. The van der Waals surface area contributed by atoms with Gasteiger partial charge in [-0.3, -0.25) is 4.79 Å². The topological polar surface area (TPSA) is 26.3 Å². The van der Waals surface area contributed by atoms with Gasteiger partial charge < -0.3 is 4.74 Å². The summed E-state index contributed by atoms with van der Waals surface area (Å²) in [6.45, 7) is 1.89. The van der Waals surface area contributed by atoms with E-state index in [0.29, 0.717) is 0 Å². The molecule has 0 heterocycles. The van der Waals surface area contributed by atoms with E-state index in [1.165, 1.54) is 7.11 Å². The number of hydrogen-bond acceptors (Lipinski definition) is 2. The number of benzene rings is 2.